The van der Waals surface area contributed by atoms with Crippen LogP contribution < -0.4 is 0 Å². The van der Waals surface area contributed by atoms with Crippen molar-refractivity contribution in [2.24, 2.45) is 0 Å². The average Bonchev–Trinajstić information content (AvgIpc) is 3.15. The van der Waals surface area contributed by atoms with Crippen LogP contribution in [0.2, 0.25) is 0 Å². The minimum absolute atomic E-state index is 0.175. The highest BCUT2D eigenvalue weighted by Gasteiger charge is 2.17. The van der Waals surface area contributed by atoms with E-state index in [1.54, 1.807) is 0 Å². The van der Waals surface area contributed by atoms with Crippen LogP contribution in [0.25, 0.3) is 11.1 Å². The van der Waals surface area contributed by atoms with E-state index in [-0.39, 0.29) is 12.1 Å². The maximum absolute atomic E-state index is 12.3. The molecule has 0 fully saturated rings. The molecule has 0 aliphatic rings. The summed E-state index contributed by atoms with van der Waals surface area (Å²) < 4.78 is 7.20. The second-order valence-corrected chi connectivity index (χ2v) is 7.59. The number of ether oxygens (including phenoxy) is 1. The van der Waals surface area contributed by atoms with Crippen molar-refractivity contribution in [1.82, 2.24) is 9.78 Å². The number of nitriles is 1. The smallest absolute Gasteiger partial charge is 0.359 e. The Morgan fingerprint density at radius 1 is 1.17 bits per heavy atom. The van der Waals surface area contributed by atoms with Gasteiger partial charge in [0, 0.05) is 5.69 Å². The fourth-order valence-corrected chi connectivity index (χ4v) is 3.32. The molecule has 0 aliphatic carbocycles. The highest BCUT2D eigenvalue weighted by atomic mass is 16.5. The fourth-order valence-electron chi connectivity index (χ4n) is 3.32. The number of esters is 1. The van der Waals surface area contributed by atoms with Gasteiger partial charge in [-0.15, -0.1) is 0 Å². The summed E-state index contributed by atoms with van der Waals surface area (Å²) in [5.74, 6) is -0.384. The van der Waals surface area contributed by atoms with E-state index >= 15 is 0 Å². The van der Waals surface area contributed by atoms with E-state index in [9.17, 15) is 10.1 Å². The molecule has 0 saturated carbocycles. The third-order valence-electron chi connectivity index (χ3n) is 4.85. The molecule has 0 aliphatic heterocycles. The minimum Gasteiger partial charge on any atom is -0.458 e. The molecule has 0 saturated heterocycles. The zero-order valence-electron chi connectivity index (χ0n) is 17.8. The van der Waals surface area contributed by atoms with Crippen LogP contribution >= 0.6 is 0 Å². The van der Waals surface area contributed by atoms with Gasteiger partial charge >= 0.3 is 5.97 Å². The van der Waals surface area contributed by atoms with Gasteiger partial charge in [0.25, 0.3) is 0 Å². The number of carbonyl (C=O) groups is 1. The van der Waals surface area contributed by atoms with E-state index in [0.717, 1.165) is 41.6 Å². The molecule has 1 aromatic heterocycles. The molecule has 0 amide bonds. The third-order valence-corrected chi connectivity index (χ3v) is 4.85. The normalized spacial score (nSPS) is 10.8. The second kappa shape index (κ2) is 9.89. The predicted octanol–water partition coefficient (Wildman–Crippen LogP) is 5.38. The number of aryl methyl sites for hydroxylation is 1. The van der Waals surface area contributed by atoms with Crippen LogP contribution in [0.4, 0.5) is 0 Å². The molecule has 2 aromatic carbocycles. The molecular formula is C25H27N3O2. The largest absolute Gasteiger partial charge is 0.458 e. The number of unbranched alkanes of at least 4 members (excludes halogenated alkanes) is 1. The Bertz CT molecular complexity index is 1040. The molecule has 0 atom stereocenters. The molecule has 5 nitrogen and oxygen atoms in total. The summed E-state index contributed by atoms with van der Waals surface area (Å²) in [6, 6.07) is 19.8. The lowest BCUT2D eigenvalue weighted by atomic mass is 9.99. The number of nitrogens with zero attached hydrogens (tertiary/aromatic N) is 3. The van der Waals surface area contributed by atoms with E-state index in [1.165, 1.54) is 0 Å². The Morgan fingerprint density at radius 2 is 1.90 bits per heavy atom. The molecule has 5 heteroatoms. The zero-order valence-corrected chi connectivity index (χ0v) is 17.8. The van der Waals surface area contributed by atoms with Crippen molar-refractivity contribution in [1.29, 1.82) is 5.26 Å². The third kappa shape index (κ3) is 5.15. The Morgan fingerprint density at radius 3 is 2.57 bits per heavy atom. The number of aromatic nitrogens is 2. The van der Waals surface area contributed by atoms with Crippen LogP contribution in [0.15, 0.2) is 54.6 Å². The summed E-state index contributed by atoms with van der Waals surface area (Å²) in [6.45, 7) is 6.39. The number of benzene rings is 2. The lowest BCUT2D eigenvalue weighted by Gasteiger charge is -2.09. The lowest BCUT2D eigenvalue weighted by molar-refractivity contribution is 0.0370. The molecule has 3 rings (SSSR count). The van der Waals surface area contributed by atoms with E-state index in [4.69, 9.17) is 4.74 Å². The van der Waals surface area contributed by atoms with E-state index in [2.05, 4.69) is 18.1 Å². The highest BCUT2D eigenvalue weighted by molar-refractivity contribution is 5.87. The van der Waals surface area contributed by atoms with Gasteiger partial charge in [-0.1, -0.05) is 55.8 Å². The van der Waals surface area contributed by atoms with Crippen molar-refractivity contribution >= 4 is 5.97 Å². The van der Waals surface area contributed by atoms with Gasteiger partial charge < -0.3 is 4.74 Å². The van der Waals surface area contributed by atoms with Gasteiger partial charge in [0.15, 0.2) is 5.69 Å². The molecule has 3 aromatic rings. The maximum atomic E-state index is 12.3. The van der Waals surface area contributed by atoms with Gasteiger partial charge in [-0.25, -0.2) is 4.79 Å². The van der Waals surface area contributed by atoms with Crippen molar-refractivity contribution in [3.8, 4) is 17.2 Å². The van der Waals surface area contributed by atoms with Crippen molar-refractivity contribution in [2.75, 3.05) is 0 Å². The molecule has 0 N–H and O–H groups in total. The zero-order chi connectivity index (χ0) is 21.5. The van der Waals surface area contributed by atoms with Crippen molar-refractivity contribution in [3.63, 3.8) is 0 Å². The minimum atomic E-state index is -0.384. The number of carbonyl (C=O) groups excluding carboxylic acids is 1. The molecule has 1 heterocycles. The molecular weight excluding hydrogens is 374 g/mol. The summed E-state index contributed by atoms with van der Waals surface area (Å²) >= 11 is 0. The van der Waals surface area contributed by atoms with Crippen LogP contribution in [0.1, 0.15) is 60.9 Å². The van der Waals surface area contributed by atoms with Gasteiger partial charge in [0.1, 0.15) is 0 Å². The second-order valence-electron chi connectivity index (χ2n) is 7.59. The first-order chi connectivity index (χ1) is 14.5. The first kappa shape index (κ1) is 21.3. The molecule has 0 radical (unpaired) electrons. The molecule has 0 bridgehead atoms. The van der Waals surface area contributed by atoms with Gasteiger partial charge in [-0.05, 0) is 55.5 Å². The maximum Gasteiger partial charge on any atom is 0.359 e. The predicted molar refractivity (Wildman–Crippen MR) is 117 cm³/mol. The molecule has 0 spiro atoms. The topological polar surface area (TPSA) is 67.9 Å². The number of hydrogen-bond donors (Lipinski definition) is 0. The highest BCUT2D eigenvalue weighted by Crippen LogP contribution is 2.24. The van der Waals surface area contributed by atoms with Crippen LogP contribution in [0, 0.1) is 11.3 Å². The Labute approximate surface area is 177 Å². The first-order valence-electron chi connectivity index (χ1n) is 10.4. The quantitative estimate of drug-likeness (QED) is 0.475. The van der Waals surface area contributed by atoms with Crippen LogP contribution in [0.3, 0.4) is 0 Å². The van der Waals surface area contributed by atoms with Gasteiger partial charge in [0.2, 0.25) is 0 Å². The SMILES string of the molecule is CCCCc1cc(C(=O)OC(C)C)nn1Cc1ccc(-c2ccccc2C#N)cc1. The van der Waals surface area contributed by atoms with Gasteiger partial charge in [0.05, 0.1) is 24.3 Å². The van der Waals surface area contributed by atoms with E-state index in [0.29, 0.717) is 17.8 Å². The average molecular weight is 402 g/mol. The first-order valence-corrected chi connectivity index (χ1v) is 10.4. The molecule has 30 heavy (non-hydrogen) atoms. The van der Waals surface area contributed by atoms with E-state index in [1.807, 2.05) is 73.1 Å². The van der Waals surface area contributed by atoms with Gasteiger partial charge in [-0.2, -0.15) is 10.4 Å². The summed E-state index contributed by atoms with van der Waals surface area (Å²) in [4.78, 5) is 12.3. The Hall–Kier alpha value is -3.39. The Kier molecular flexibility index (Phi) is 7.03. The summed E-state index contributed by atoms with van der Waals surface area (Å²) in [6.07, 6.45) is 2.80. The molecule has 154 valence electrons. The standard InChI is InChI=1S/C25H27N3O2/c1-4-5-9-22-15-24(25(29)30-18(2)3)27-28(22)17-19-11-13-20(14-12-19)23-10-7-6-8-21(23)16-26/h6-8,10-15,18H,4-5,9,17H2,1-3H3. The van der Waals surface area contributed by atoms with Crippen LogP contribution in [-0.4, -0.2) is 21.9 Å². The number of hydrogen-bond acceptors (Lipinski definition) is 4. The van der Waals surface area contributed by atoms with Crippen LogP contribution in [0.5, 0.6) is 0 Å². The summed E-state index contributed by atoms with van der Waals surface area (Å²) in [5.41, 5.74) is 5.06. The fraction of sp³-hybridized carbons (Fsp3) is 0.320. The van der Waals surface area contributed by atoms with Crippen molar-refractivity contribution in [3.05, 3.63) is 77.1 Å². The summed E-state index contributed by atoms with van der Waals surface area (Å²) in [5, 5.41) is 13.9. The van der Waals surface area contributed by atoms with E-state index < -0.39 is 0 Å². The summed E-state index contributed by atoms with van der Waals surface area (Å²) in [7, 11) is 0. The van der Waals surface area contributed by atoms with Gasteiger partial charge in [-0.3, -0.25) is 4.68 Å². The number of rotatable bonds is 8. The van der Waals surface area contributed by atoms with Crippen molar-refractivity contribution < 1.29 is 9.53 Å². The Balaban J connectivity index is 1.83. The van der Waals surface area contributed by atoms with Crippen LogP contribution in [-0.2, 0) is 17.7 Å². The lowest BCUT2D eigenvalue weighted by Crippen LogP contribution is -2.13. The monoisotopic (exact) mass is 401 g/mol. The molecule has 0 unspecified atom stereocenters. The van der Waals surface area contributed by atoms with Crippen molar-refractivity contribution in [2.45, 2.75) is 52.7 Å².